The smallest absolute Gasteiger partial charge is 0.240 e. The van der Waals surface area contributed by atoms with Crippen LogP contribution >= 0.6 is 11.6 Å². The van der Waals surface area contributed by atoms with Gasteiger partial charge in [0.2, 0.25) is 15.9 Å². The second-order valence-corrected chi connectivity index (χ2v) is 8.06. The molecule has 0 aromatic heterocycles. The van der Waals surface area contributed by atoms with Gasteiger partial charge in [0.15, 0.2) is 0 Å². The summed E-state index contributed by atoms with van der Waals surface area (Å²) < 4.78 is 40.1. The van der Waals surface area contributed by atoms with Crippen molar-refractivity contribution in [2.45, 2.75) is 11.3 Å². The van der Waals surface area contributed by atoms with Gasteiger partial charge in [-0.3, -0.25) is 4.79 Å². The minimum absolute atomic E-state index is 0.109. The molecule has 1 saturated heterocycles. The van der Waals surface area contributed by atoms with Gasteiger partial charge in [0, 0.05) is 30.2 Å². The predicted octanol–water partition coefficient (Wildman–Crippen LogP) is 2.81. The number of nitrogens with one attached hydrogen (secondary N) is 1. The molecule has 1 heterocycles. The van der Waals surface area contributed by atoms with Crippen LogP contribution in [0.25, 0.3) is 0 Å². The van der Waals surface area contributed by atoms with Gasteiger partial charge in [-0.2, -0.15) is 0 Å². The predicted molar refractivity (Wildman–Crippen MR) is 93.5 cm³/mol. The Morgan fingerprint density at radius 1 is 1.12 bits per heavy atom. The van der Waals surface area contributed by atoms with Crippen molar-refractivity contribution >= 4 is 33.2 Å². The van der Waals surface area contributed by atoms with E-state index in [-0.39, 0.29) is 35.5 Å². The zero-order valence-corrected chi connectivity index (χ0v) is 14.7. The van der Waals surface area contributed by atoms with E-state index in [9.17, 15) is 17.6 Å². The van der Waals surface area contributed by atoms with Crippen LogP contribution in [0.4, 0.5) is 10.1 Å². The van der Waals surface area contributed by atoms with Crippen LogP contribution in [0.3, 0.4) is 0 Å². The van der Waals surface area contributed by atoms with Gasteiger partial charge in [0.1, 0.15) is 5.82 Å². The summed E-state index contributed by atoms with van der Waals surface area (Å²) in [5.41, 5.74) is 0.606. The molecule has 2 aromatic rings. The van der Waals surface area contributed by atoms with Crippen molar-refractivity contribution in [1.29, 1.82) is 0 Å². The molecule has 0 unspecified atom stereocenters. The Morgan fingerprint density at radius 3 is 2.40 bits per heavy atom. The molecule has 132 valence electrons. The van der Waals surface area contributed by atoms with Crippen LogP contribution in [0.5, 0.6) is 0 Å². The molecule has 8 heteroatoms. The first-order valence-electron chi connectivity index (χ1n) is 7.66. The third kappa shape index (κ3) is 4.18. The molecule has 2 aromatic carbocycles. The number of halogens is 2. The topological polar surface area (TPSA) is 66.5 Å². The van der Waals surface area contributed by atoms with Gasteiger partial charge in [-0.05, 0) is 54.4 Å². The molecule has 1 N–H and O–H groups in total. The number of benzene rings is 2. The summed E-state index contributed by atoms with van der Waals surface area (Å²) in [6, 6.07) is 11.5. The zero-order chi connectivity index (χ0) is 18.0. The van der Waals surface area contributed by atoms with E-state index in [0.717, 1.165) is 0 Å². The Hall–Kier alpha value is -1.96. The SMILES string of the molecule is O=C1C[C@H](CNS(=O)(=O)c2ccc(Cl)cc2)CN1c1ccc(F)cc1. The molecule has 1 fully saturated rings. The highest BCUT2D eigenvalue weighted by atomic mass is 35.5. The van der Waals surface area contributed by atoms with Crippen LogP contribution < -0.4 is 9.62 Å². The summed E-state index contributed by atoms with van der Waals surface area (Å²) in [7, 11) is -3.66. The van der Waals surface area contributed by atoms with Gasteiger partial charge in [-0.15, -0.1) is 0 Å². The summed E-state index contributed by atoms with van der Waals surface area (Å²) in [6.45, 7) is 0.530. The fraction of sp³-hybridized carbons (Fsp3) is 0.235. The maximum Gasteiger partial charge on any atom is 0.240 e. The van der Waals surface area contributed by atoms with Crippen LogP contribution in [0.2, 0.25) is 5.02 Å². The Kier molecular flexibility index (Phi) is 5.08. The molecule has 0 aliphatic carbocycles. The molecule has 1 aliphatic heterocycles. The van der Waals surface area contributed by atoms with Gasteiger partial charge in [0.25, 0.3) is 0 Å². The molecule has 25 heavy (non-hydrogen) atoms. The number of hydrogen-bond donors (Lipinski definition) is 1. The lowest BCUT2D eigenvalue weighted by Gasteiger charge is -2.17. The van der Waals surface area contributed by atoms with E-state index in [1.807, 2.05) is 0 Å². The summed E-state index contributed by atoms with van der Waals surface area (Å²) >= 11 is 5.76. The number of carbonyl (C=O) groups is 1. The lowest BCUT2D eigenvalue weighted by atomic mass is 10.1. The van der Waals surface area contributed by atoms with E-state index in [0.29, 0.717) is 17.3 Å². The second-order valence-electron chi connectivity index (χ2n) is 5.86. The maximum absolute atomic E-state index is 13.0. The number of anilines is 1. The minimum Gasteiger partial charge on any atom is -0.312 e. The lowest BCUT2D eigenvalue weighted by Crippen LogP contribution is -2.31. The molecule has 0 bridgehead atoms. The van der Waals surface area contributed by atoms with Crippen LogP contribution in [-0.2, 0) is 14.8 Å². The fourth-order valence-electron chi connectivity index (χ4n) is 2.71. The first-order chi connectivity index (χ1) is 11.8. The minimum atomic E-state index is -3.66. The third-order valence-corrected chi connectivity index (χ3v) is 5.72. The van der Waals surface area contributed by atoms with Crippen molar-refractivity contribution in [2.24, 2.45) is 5.92 Å². The average molecular weight is 383 g/mol. The van der Waals surface area contributed by atoms with Crippen molar-refractivity contribution in [3.63, 3.8) is 0 Å². The van der Waals surface area contributed by atoms with E-state index in [1.54, 1.807) is 4.90 Å². The van der Waals surface area contributed by atoms with Gasteiger partial charge >= 0.3 is 0 Å². The van der Waals surface area contributed by atoms with E-state index in [4.69, 9.17) is 11.6 Å². The number of hydrogen-bond acceptors (Lipinski definition) is 3. The molecular weight excluding hydrogens is 367 g/mol. The quantitative estimate of drug-likeness (QED) is 0.864. The summed E-state index contributed by atoms with van der Waals surface area (Å²) in [5, 5.41) is 0.454. The molecule has 1 aliphatic rings. The molecule has 0 spiro atoms. The van der Waals surface area contributed by atoms with Gasteiger partial charge in [-0.25, -0.2) is 17.5 Å². The summed E-state index contributed by atoms with van der Waals surface area (Å²) in [4.78, 5) is 13.8. The molecule has 0 saturated carbocycles. The largest absolute Gasteiger partial charge is 0.312 e. The van der Waals surface area contributed by atoms with E-state index >= 15 is 0 Å². The van der Waals surface area contributed by atoms with Crippen molar-refractivity contribution in [3.05, 3.63) is 59.4 Å². The second kappa shape index (κ2) is 7.11. The molecular formula is C17H16ClFN2O3S. The van der Waals surface area contributed by atoms with Crippen LogP contribution in [0.1, 0.15) is 6.42 Å². The molecule has 5 nitrogen and oxygen atoms in total. The Bertz CT molecular complexity index is 870. The van der Waals surface area contributed by atoms with E-state index < -0.39 is 10.0 Å². The van der Waals surface area contributed by atoms with Crippen molar-refractivity contribution in [1.82, 2.24) is 4.72 Å². The van der Waals surface area contributed by atoms with Crippen molar-refractivity contribution in [3.8, 4) is 0 Å². The lowest BCUT2D eigenvalue weighted by molar-refractivity contribution is -0.117. The van der Waals surface area contributed by atoms with Crippen molar-refractivity contribution in [2.75, 3.05) is 18.0 Å². The normalized spacial score (nSPS) is 17.9. The zero-order valence-electron chi connectivity index (χ0n) is 13.2. The van der Waals surface area contributed by atoms with Crippen LogP contribution in [0.15, 0.2) is 53.4 Å². The van der Waals surface area contributed by atoms with E-state index in [2.05, 4.69) is 4.72 Å². The fourth-order valence-corrected chi connectivity index (χ4v) is 3.96. The van der Waals surface area contributed by atoms with Crippen LogP contribution in [-0.4, -0.2) is 27.4 Å². The highest BCUT2D eigenvalue weighted by Crippen LogP contribution is 2.25. The third-order valence-electron chi connectivity index (χ3n) is 4.03. The van der Waals surface area contributed by atoms with Gasteiger partial charge in [0.05, 0.1) is 4.90 Å². The first-order valence-corrected chi connectivity index (χ1v) is 9.52. The average Bonchev–Trinajstić information content (AvgIpc) is 2.95. The maximum atomic E-state index is 13.0. The summed E-state index contributed by atoms with van der Waals surface area (Å²) in [6.07, 6.45) is 0.237. The monoisotopic (exact) mass is 382 g/mol. The Balaban J connectivity index is 1.63. The number of nitrogens with zero attached hydrogens (tertiary/aromatic N) is 1. The molecule has 1 atom stereocenters. The highest BCUT2D eigenvalue weighted by Gasteiger charge is 2.31. The van der Waals surface area contributed by atoms with E-state index in [1.165, 1.54) is 48.5 Å². The number of sulfonamides is 1. The highest BCUT2D eigenvalue weighted by molar-refractivity contribution is 7.89. The first kappa shape index (κ1) is 17.8. The Morgan fingerprint density at radius 2 is 1.76 bits per heavy atom. The molecule has 1 amide bonds. The van der Waals surface area contributed by atoms with Crippen LogP contribution in [0, 0.1) is 11.7 Å². The Labute approximate surface area is 150 Å². The summed E-state index contributed by atoms with van der Waals surface area (Å²) in [5.74, 6) is -0.635. The number of rotatable bonds is 5. The molecule has 3 rings (SSSR count). The standard InChI is InChI=1S/C17H16ClFN2O3S/c18-13-1-7-16(8-2-13)25(23,24)20-10-12-9-17(22)21(11-12)15-5-3-14(19)4-6-15/h1-8,12,20H,9-11H2/t12-/m1/s1. The number of carbonyl (C=O) groups excluding carboxylic acids is 1. The van der Waals surface area contributed by atoms with Gasteiger partial charge < -0.3 is 4.90 Å². The van der Waals surface area contributed by atoms with Gasteiger partial charge in [-0.1, -0.05) is 11.6 Å². The molecule has 0 radical (unpaired) electrons. The number of amides is 1. The van der Waals surface area contributed by atoms with Crippen molar-refractivity contribution < 1.29 is 17.6 Å².